The quantitative estimate of drug-likeness (QED) is 0.766. The molecular formula is C10H19N3. The van der Waals surface area contributed by atoms with Crippen LogP contribution in [0.1, 0.15) is 32.9 Å². The zero-order valence-corrected chi connectivity index (χ0v) is 8.91. The van der Waals surface area contributed by atoms with Crippen LogP contribution in [0.4, 0.5) is 0 Å². The van der Waals surface area contributed by atoms with E-state index in [2.05, 4.69) is 25.0 Å². The Morgan fingerprint density at radius 2 is 2.23 bits per heavy atom. The van der Waals surface area contributed by atoms with Crippen LogP contribution in [0.25, 0.3) is 0 Å². The van der Waals surface area contributed by atoms with Crippen molar-refractivity contribution in [2.24, 2.45) is 12.8 Å². The van der Waals surface area contributed by atoms with Gasteiger partial charge in [0.1, 0.15) is 0 Å². The molecule has 1 unspecified atom stereocenters. The molecule has 74 valence electrons. The topological polar surface area (TPSA) is 43.8 Å². The summed E-state index contributed by atoms with van der Waals surface area (Å²) in [6.07, 6.45) is 2.81. The van der Waals surface area contributed by atoms with Gasteiger partial charge in [-0.1, -0.05) is 13.8 Å². The highest BCUT2D eigenvalue weighted by atomic mass is 15.3. The molecule has 3 nitrogen and oxygen atoms in total. The van der Waals surface area contributed by atoms with E-state index in [9.17, 15) is 0 Å². The van der Waals surface area contributed by atoms with Crippen LogP contribution < -0.4 is 5.73 Å². The summed E-state index contributed by atoms with van der Waals surface area (Å²) in [5, 5.41) is 4.17. The van der Waals surface area contributed by atoms with Crippen molar-refractivity contribution in [1.29, 1.82) is 0 Å². The molecule has 0 amide bonds. The lowest BCUT2D eigenvalue weighted by Crippen LogP contribution is -2.30. The summed E-state index contributed by atoms with van der Waals surface area (Å²) in [4.78, 5) is 0. The molecule has 0 fully saturated rings. The molecule has 0 aromatic carbocycles. The van der Waals surface area contributed by atoms with E-state index in [1.807, 2.05) is 24.9 Å². The molecule has 1 heterocycles. The fraction of sp³-hybridized carbons (Fsp3) is 0.700. The standard InChI is InChI=1S/C10H19N3/c1-8(11)7-10(2,3)9-5-6-12-13(9)4/h5-6,8H,7,11H2,1-4H3. The predicted molar refractivity (Wildman–Crippen MR) is 54.5 cm³/mol. The molecule has 2 N–H and O–H groups in total. The van der Waals surface area contributed by atoms with Gasteiger partial charge in [-0.05, 0) is 19.4 Å². The van der Waals surface area contributed by atoms with Crippen molar-refractivity contribution >= 4 is 0 Å². The fourth-order valence-electron chi connectivity index (χ4n) is 1.95. The van der Waals surface area contributed by atoms with Crippen LogP contribution in [0.15, 0.2) is 12.3 Å². The minimum absolute atomic E-state index is 0.111. The Labute approximate surface area is 79.9 Å². The number of nitrogens with two attached hydrogens (primary N) is 1. The first-order chi connectivity index (χ1) is 5.93. The highest BCUT2D eigenvalue weighted by Crippen LogP contribution is 2.26. The van der Waals surface area contributed by atoms with Gasteiger partial charge in [0.25, 0.3) is 0 Å². The van der Waals surface area contributed by atoms with Crippen molar-refractivity contribution < 1.29 is 0 Å². The molecule has 0 bridgehead atoms. The first-order valence-electron chi connectivity index (χ1n) is 4.67. The van der Waals surface area contributed by atoms with E-state index in [1.54, 1.807) is 0 Å². The monoisotopic (exact) mass is 181 g/mol. The van der Waals surface area contributed by atoms with Gasteiger partial charge in [-0.25, -0.2) is 0 Å². The molecular weight excluding hydrogens is 162 g/mol. The molecule has 1 atom stereocenters. The summed E-state index contributed by atoms with van der Waals surface area (Å²) in [6, 6.07) is 2.28. The Kier molecular flexibility index (Phi) is 2.76. The minimum atomic E-state index is 0.111. The van der Waals surface area contributed by atoms with Gasteiger partial charge in [-0.3, -0.25) is 4.68 Å². The van der Waals surface area contributed by atoms with E-state index in [1.165, 1.54) is 5.69 Å². The molecule has 0 saturated carbocycles. The molecule has 0 radical (unpaired) electrons. The molecule has 13 heavy (non-hydrogen) atoms. The Morgan fingerprint density at radius 3 is 2.62 bits per heavy atom. The summed E-state index contributed by atoms with van der Waals surface area (Å²) >= 11 is 0. The van der Waals surface area contributed by atoms with E-state index in [4.69, 9.17) is 5.73 Å². The average Bonchev–Trinajstić information content (AvgIpc) is 2.32. The van der Waals surface area contributed by atoms with Gasteiger partial charge in [0.05, 0.1) is 0 Å². The lowest BCUT2D eigenvalue weighted by molar-refractivity contribution is 0.408. The van der Waals surface area contributed by atoms with Gasteiger partial charge >= 0.3 is 0 Å². The van der Waals surface area contributed by atoms with Crippen molar-refractivity contribution in [3.8, 4) is 0 Å². The third-order valence-corrected chi connectivity index (χ3v) is 2.35. The third kappa shape index (κ3) is 2.31. The first kappa shape index (κ1) is 10.3. The predicted octanol–water partition coefficient (Wildman–Crippen LogP) is 1.44. The minimum Gasteiger partial charge on any atom is -0.328 e. The molecule has 3 heteroatoms. The van der Waals surface area contributed by atoms with Crippen molar-refractivity contribution in [2.45, 2.75) is 38.6 Å². The summed E-state index contributed by atoms with van der Waals surface area (Å²) in [5.74, 6) is 0. The van der Waals surface area contributed by atoms with Gasteiger partial charge in [0.15, 0.2) is 0 Å². The van der Waals surface area contributed by atoms with Gasteiger partial charge in [-0.15, -0.1) is 0 Å². The Hall–Kier alpha value is -0.830. The molecule has 1 aromatic heterocycles. The number of hydrogen-bond acceptors (Lipinski definition) is 2. The van der Waals surface area contributed by atoms with E-state index >= 15 is 0 Å². The summed E-state index contributed by atoms with van der Waals surface area (Å²) in [6.45, 7) is 6.44. The number of aryl methyl sites for hydroxylation is 1. The van der Waals surface area contributed by atoms with Gasteiger partial charge in [-0.2, -0.15) is 5.10 Å². The fourth-order valence-corrected chi connectivity index (χ4v) is 1.95. The van der Waals surface area contributed by atoms with Crippen LogP contribution in [-0.4, -0.2) is 15.8 Å². The maximum atomic E-state index is 5.81. The van der Waals surface area contributed by atoms with Crippen LogP contribution >= 0.6 is 0 Å². The molecule has 0 spiro atoms. The van der Waals surface area contributed by atoms with Crippen molar-refractivity contribution in [2.75, 3.05) is 0 Å². The van der Waals surface area contributed by atoms with Crippen molar-refractivity contribution in [3.05, 3.63) is 18.0 Å². The van der Waals surface area contributed by atoms with E-state index in [0.29, 0.717) is 0 Å². The first-order valence-corrected chi connectivity index (χ1v) is 4.67. The van der Waals surface area contributed by atoms with Gasteiger partial charge < -0.3 is 5.73 Å². The zero-order valence-electron chi connectivity index (χ0n) is 8.91. The molecule has 0 saturated heterocycles. The third-order valence-electron chi connectivity index (χ3n) is 2.35. The molecule has 0 aliphatic carbocycles. The molecule has 0 aliphatic heterocycles. The van der Waals surface area contributed by atoms with Gasteiger partial charge in [0, 0.05) is 30.4 Å². The normalized spacial score (nSPS) is 14.5. The highest BCUT2D eigenvalue weighted by Gasteiger charge is 2.24. The largest absolute Gasteiger partial charge is 0.328 e. The number of nitrogens with zero attached hydrogens (tertiary/aromatic N) is 2. The van der Waals surface area contributed by atoms with Gasteiger partial charge in [0.2, 0.25) is 0 Å². The second-order valence-electron chi connectivity index (χ2n) is 4.41. The second-order valence-corrected chi connectivity index (χ2v) is 4.41. The lowest BCUT2D eigenvalue weighted by Gasteiger charge is -2.26. The van der Waals surface area contributed by atoms with Crippen molar-refractivity contribution in [3.63, 3.8) is 0 Å². The smallest absolute Gasteiger partial charge is 0.0492 e. The SMILES string of the molecule is CC(N)CC(C)(C)c1ccnn1C. The summed E-state index contributed by atoms with van der Waals surface area (Å²) < 4.78 is 1.92. The zero-order chi connectivity index (χ0) is 10.1. The Bertz CT molecular complexity index is 273. The number of hydrogen-bond donors (Lipinski definition) is 1. The number of aromatic nitrogens is 2. The van der Waals surface area contributed by atoms with E-state index in [-0.39, 0.29) is 11.5 Å². The summed E-state index contributed by atoms with van der Waals surface area (Å²) in [7, 11) is 1.97. The molecule has 0 aliphatic rings. The summed E-state index contributed by atoms with van der Waals surface area (Å²) in [5.41, 5.74) is 7.16. The van der Waals surface area contributed by atoms with Crippen LogP contribution in [-0.2, 0) is 12.5 Å². The maximum absolute atomic E-state index is 5.81. The second kappa shape index (κ2) is 3.50. The van der Waals surface area contributed by atoms with Crippen LogP contribution in [0, 0.1) is 0 Å². The Balaban J connectivity index is 2.87. The molecule has 1 aromatic rings. The van der Waals surface area contributed by atoms with Crippen LogP contribution in [0.5, 0.6) is 0 Å². The van der Waals surface area contributed by atoms with E-state index in [0.717, 1.165) is 6.42 Å². The average molecular weight is 181 g/mol. The lowest BCUT2D eigenvalue weighted by atomic mass is 9.83. The Morgan fingerprint density at radius 1 is 1.62 bits per heavy atom. The van der Waals surface area contributed by atoms with E-state index < -0.39 is 0 Å². The van der Waals surface area contributed by atoms with Crippen LogP contribution in [0.3, 0.4) is 0 Å². The van der Waals surface area contributed by atoms with Crippen molar-refractivity contribution in [1.82, 2.24) is 9.78 Å². The highest BCUT2D eigenvalue weighted by molar-refractivity contribution is 5.13. The number of rotatable bonds is 3. The maximum Gasteiger partial charge on any atom is 0.0492 e. The van der Waals surface area contributed by atoms with Crippen LogP contribution in [0.2, 0.25) is 0 Å². The molecule has 1 rings (SSSR count).